The minimum Gasteiger partial charge on any atom is -0.322 e. The lowest BCUT2D eigenvalue weighted by Crippen LogP contribution is -2.15. The summed E-state index contributed by atoms with van der Waals surface area (Å²) < 4.78 is 0. The second-order valence-electron chi connectivity index (χ2n) is 6.45. The molecule has 0 atom stereocenters. The molecule has 0 saturated heterocycles. The van der Waals surface area contributed by atoms with Crippen LogP contribution in [0.2, 0.25) is 10.0 Å². The molecule has 0 aliphatic heterocycles. The largest absolute Gasteiger partial charge is 0.322 e. The number of pyridine rings is 1. The van der Waals surface area contributed by atoms with Gasteiger partial charge in [0.25, 0.3) is 5.91 Å². The van der Waals surface area contributed by atoms with Crippen molar-refractivity contribution in [2.75, 3.05) is 5.32 Å². The van der Waals surface area contributed by atoms with Crippen LogP contribution in [0.4, 0.5) is 5.69 Å². The van der Waals surface area contributed by atoms with Crippen molar-refractivity contribution in [2.24, 2.45) is 0 Å². The highest BCUT2D eigenvalue weighted by molar-refractivity contribution is 6.31. The third kappa shape index (κ3) is 3.59. The summed E-state index contributed by atoms with van der Waals surface area (Å²) in [5, 5.41) is 4.97. The van der Waals surface area contributed by atoms with Gasteiger partial charge in [-0.05, 0) is 48.9 Å². The monoisotopic (exact) mass is 406 g/mol. The molecule has 0 unspecified atom stereocenters. The van der Waals surface area contributed by atoms with Gasteiger partial charge in [0.15, 0.2) is 0 Å². The van der Waals surface area contributed by atoms with E-state index in [0.29, 0.717) is 21.3 Å². The second kappa shape index (κ2) is 7.63. The molecule has 1 amide bonds. The van der Waals surface area contributed by atoms with E-state index in [0.717, 1.165) is 27.7 Å². The van der Waals surface area contributed by atoms with Crippen LogP contribution in [0.5, 0.6) is 0 Å². The minimum atomic E-state index is -0.200. The van der Waals surface area contributed by atoms with E-state index in [-0.39, 0.29) is 5.91 Å². The molecule has 3 aromatic carbocycles. The van der Waals surface area contributed by atoms with Crippen molar-refractivity contribution in [1.29, 1.82) is 0 Å². The molecule has 0 saturated carbocycles. The lowest BCUT2D eigenvalue weighted by molar-refractivity contribution is 0.102. The van der Waals surface area contributed by atoms with Gasteiger partial charge in [-0.1, -0.05) is 59.6 Å². The third-order valence-electron chi connectivity index (χ3n) is 4.56. The molecule has 1 heterocycles. The van der Waals surface area contributed by atoms with Crippen LogP contribution >= 0.6 is 23.2 Å². The fourth-order valence-electron chi connectivity index (χ4n) is 3.25. The molecule has 0 bridgehead atoms. The Kier molecular flexibility index (Phi) is 5.03. The highest BCUT2D eigenvalue weighted by Crippen LogP contribution is 2.31. The summed E-state index contributed by atoms with van der Waals surface area (Å²) in [4.78, 5) is 18.0. The standard InChI is InChI=1S/C23H16Cl2N2O/c1-14-21(23(28)26-18-6-4-5-17(25)13-18)19-7-2-3-8-20(19)27-22(14)15-9-11-16(24)12-10-15/h2-13H,1H3,(H,26,28). The van der Waals surface area contributed by atoms with Crippen LogP contribution in [0, 0.1) is 6.92 Å². The smallest absolute Gasteiger partial charge is 0.256 e. The maximum atomic E-state index is 13.2. The maximum absolute atomic E-state index is 13.2. The molecule has 28 heavy (non-hydrogen) atoms. The molecule has 4 rings (SSSR count). The summed E-state index contributed by atoms with van der Waals surface area (Å²) in [6.07, 6.45) is 0. The summed E-state index contributed by atoms with van der Waals surface area (Å²) in [6, 6.07) is 22.2. The number of para-hydroxylation sites is 1. The maximum Gasteiger partial charge on any atom is 0.256 e. The SMILES string of the molecule is Cc1c(-c2ccc(Cl)cc2)nc2ccccc2c1C(=O)Nc1cccc(Cl)c1. The number of carbonyl (C=O) groups excluding carboxylic acids is 1. The summed E-state index contributed by atoms with van der Waals surface area (Å²) >= 11 is 12.1. The van der Waals surface area contributed by atoms with Gasteiger partial charge < -0.3 is 5.32 Å². The van der Waals surface area contributed by atoms with Crippen LogP contribution in [0.15, 0.2) is 72.8 Å². The van der Waals surface area contributed by atoms with Crippen molar-refractivity contribution >= 4 is 45.7 Å². The summed E-state index contributed by atoms with van der Waals surface area (Å²) in [5.74, 6) is -0.200. The fraction of sp³-hybridized carbons (Fsp3) is 0.0435. The Balaban J connectivity index is 1.87. The molecule has 0 radical (unpaired) electrons. The van der Waals surface area contributed by atoms with E-state index in [4.69, 9.17) is 28.2 Å². The quantitative estimate of drug-likeness (QED) is 0.407. The summed E-state index contributed by atoms with van der Waals surface area (Å²) in [6.45, 7) is 1.91. The Morgan fingerprint density at radius 2 is 1.64 bits per heavy atom. The highest BCUT2D eigenvalue weighted by Gasteiger charge is 2.19. The van der Waals surface area contributed by atoms with E-state index in [9.17, 15) is 4.79 Å². The highest BCUT2D eigenvalue weighted by atomic mass is 35.5. The molecule has 5 heteroatoms. The predicted octanol–water partition coefficient (Wildman–Crippen LogP) is 6.77. The first kappa shape index (κ1) is 18.5. The van der Waals surface area contributed by atoms with Crippen LogP contribution in [-0.2, 0) is 0 Å². The van der Waals surface area contributed by atoms with E-state index in [1.807, 2.05) is 61.5 Å². The number of fused-ring (bicyclic) bond motifs is 1. The van der Waals surface area contributed by atoms with Crippen LogP contribution in [0.25, 0.3) is 22.2 Å². The number of rotatable bonds is 3. The predicted molar refractivity (Wildman–Crippen MR) is 116 cm³/mol. The van der Waals surface area contributed by atoms with Crippen molar-refractivity contribution < 1.29 is 4.79 Å². The van der Waals surface area contributed by atoms with Crippen LogP contribution < -0.4 is 5.32 Å². The van der Waals surface area contributed by atoms with Gasteiger partial charge in [-0.3, -0.25) is 4.79 Å². The van der Waals surface area contributed by atoms with E-state index in [1.54, 1.807) is 18.2 Å². The lowest BCUT2D eigenvalue weighted by atomic mass is 9.97. The number of hydrogen-bond acceptors (Lipinski definition) is 2. The Morgan fingerprint density at radius 3 is 2.39 bits per heavy atom. The Hall–Kier alpha value is -2.88. The average Bonchev–Trinajstić information content (AvgIpc) is 2.68. The van der Waals surface area contributed by atoms with Gasteiger partial charge in [0.1, 0.15) is 0 Å². The number of nitrogens with one attached hydrogen (secondary N) is 1. The van der Waals surface area contributed by atoms with Gasteiger partial charge in [0, 0.05) is 26.7 Å². The zero-order valence-electron chi connectivity index (χ0n) is 15.0. The number of nitrogens with zero attached hydrogens (tertiary/aromatic N) is 1. The number of amides is 1. The molecular weight excluding hydrogens is 391 g/mol. The topological polar surface area (TPSA) is 42.0 Å². The van der Waals surface area contributed by atoms with Gasteiger partial charge >= 0.3 is 0 Å². The van der Waals surface area contributed by atoms with Crippen molar-refractivity contribution in [1.82, 2.24) is 4.98 Å². The summed E-state index contributed by atoms with van der Waals surface area (Å²) in [7, 11) is 0. The Morgan fingerprint density at radius 1 is 0.893 bits per heavy atom. The lowest BCUT2D eigenvalue weighted by Gasteiger charge is -2.15. The zero-order valence-corrected chi connectivity index (χ0v) is 16.6. The molecule has 1 N–H and O–H groups in total. The number of benzene rings is 3. The number of anilines is 1. The van der Waals surface area contributed by atoms with Crippen LogP contribution in [-0.4, -0.2) is 10.9 Å². The average molecular weight is 407 g/mol. The molecular formula is C23H16Cl2N2O. The molecule has 0 aliphatic carbocycles. The first-order valence-electron chi connectivity index (χ1n) is 8.75. The van der Waals surface area contributed by atoms with Crippen molar-refractivity contribution in [2.45, 2.75) is 6.92 Å². The van der Waals surface area contributed by atoms with E-state index >= 15 is 0 Å². The number of carbonyl (C=O) groups is 1. The Labute approximate surface area is 172 Å². The molecule has 0 fully saturated rings. The number of aromatic nitrogens is 1. The van der Waals surface area contributed by atoms with Crippen molar-refractivity contribution in [3.8, 4) is 11.3 Å². The third-order valence-corrected chi connectivity index (χ3v) is 5.05. The normalized spacial score (nSPS) is 10.8. The molecule has 3 nitrogen and oxygen atoms in total. The fourth-order valence-corrected chi connectivity index (χ4v) is 3.56. The molecule has 4 aromatic rings. The molecule has 0 aliphatic rings. The molecule has 0 spiro atoms. The van der Waals surface area contributed by atoms with E-state index in [2.05, 4.69) is 5.32 Å². The van der Waals surface area contributed by atoms with Gasteiger partial charge in [-0.2, -0.15) is 0 Å². The van der Waals surface area contributed by atoms with Crippen LogP contribution in [0.1, 0.15) is 15.9 Å². The van der Waals surface area contributed by atoms with Crippen molar-refractivity contribution in [3.05, 3.63) is 94.0 Å². The van der Waals surface area contributed by atoms with Gasteiger partial charge in [0.2, 0.25) is 0 Å². The molecule has 138 valence electrons. The first-order valence-corrected chi connectivity index (χ1v) is 9.51. The number of hydrogen-bond donors (Lipinski definition) is 1. The van der Waals surface area contributed by atoms with Gasteiger partial charge in [-0.25, -0.2) is 4.98 Å². The van der Waals surface area contributed by atoms with E-state index in [1.165, 1.54) is 0 Å². The number of halogens is 2. The molecule has 1 aromatic heterocycles. The van der Waals surface area contributed by atoms with Gasteiger partial charge in [0.05, 0.1) is 16.8 Å². The Bertz CT molecular complexity index is 1190. The minimum absolute atomic E-state index is 0.200. The second-order valence-corrected chi connectivity index (χ2v) is 7.32. The zero-order chi connectivity index (χ0) is 19.7. The van der Waals surface area contributed by atoms with Crippen LogP contribution in [0.3, 0.4) is 0 Å². The van der Waals surface area contributed by atoms with E-state index < -0.39 is 0 Å². The first-order chi connectivity index (χ1) is 13.5. The van der Waals surface area contributed by atoms with Crippen molar-refractivity contribution in [3.63, 3.8) is 0 Å². The summed E-state index contributed by atoms with van der Waals surface area (Å²) in [5.41, 5.74) is 4.47. The van der Waals surface area contributed by atoms with Gasteiger partial charge in [-0.15, -0.1) is 0 Å².